The van der Waals surface area contributed by atoms with Crippen LogP contribution in [0.2, 0.25) is 0 Å². The fourth-order valence-electron chi connectivity index (χ4n) is 2.90. The van der Waals surface area contributed by atoms with Crippen LogP contribution in [-0.4, -0.2) is 28.5 Å². The number of ether oxygens (including phenoxy) is 1. The Morgan fingerprint density at radius 3 is 2.54 bits per heavy atom. The van der Waals surface area contributed by atoms with Crippen LogP contribution in [0.3, 0.4) is 0 Å². The quantitative estimate of drug-likeness (QED) is 0.505. The molecule has 1 heterocycles. The van der Waals surface area contributed by atoms with E-state index in [1.54, 1.807) is 30.5 Å². The Kier molecular flexibility index (Phi) is 6.22. The molecule has 0 fully saturated rings. The van der Waals surface area contributed by atoms with E-state index in [0.717, 1.165) is 22.7 Å². The average Bonchev–Trinajstić information content (AvgIpc) is 2.97. The predicted molar refractivity (Wildman–Crippen MR) is 110 cm³/mol. The van der Waals surface area contributed by atoms with Crippen LogP contribution in [0.5, 0.6) is 5.75 Å². The minimum Gasteiger partial charge on any atom is -0.494 e. The maximum atomic E-state index is 12.2. The van der Waals surface area contributed by atoms with Gasteiger partial charge in [0, 0.05) is 16.8 Å². The van der Waals surface area contributed by atoms with Crippen LogP contribution in [0.4, 0.5) is 0 Å². The monoisotopic (exact) mass is 376 g/mol. The van der Waals surface area contributed by atoms with Gasteiger partial charge in [-0.1, -0.05) is 30.3 Å². The Labute approximate surface area is 164 Å². The first-order chi connectivity index (χ1) is 13.6. The topological polar surface area (TPSA) is 68.5 Å². The molecule has 0 aliphatic carbocycles. The van der Waals surface area contributed by atoms with Gasteiger partial charge in [-0.3, -0.25) is 9.48 Å². The highest BCUT2D eigenvalue weighted by molar-refractivity contribution is 5.95. The van der Waals surface area contributed by atoms with Gasteiger partial charge in [-0.15, -0.1) is 0 Å². The molecule has 0 unspecified atom stereocenters. The Bertz CT molecular complexity index is 960. The molecule has 0 bridgehead atoms. The first-order valence-electron chi connectivity index (χ1n) is 9.22. The number of aryl methyl sites for hydroxylation is 1. The van der Waals surface area contributed by atoms with Crippen molar-refractivity contribution in [2.75, 3.05) is 6.61 Å². The molecule has 0 atom stereocenters. The summed E-state index contributed by atoms with van der Waals surface area (Å²) in [4.78, 5) is 12.2. The second-order valence-corrected chi connectivity index (χ2v) is 6.38. The summed E-state index contributed by atoms with van der Waals surface area (Å²) in [6, 6.07) is 17.1. The third-order valence-electron chi connectivity index (χ3n) is 4.40. The third kappa shape index (κ3) is 4.65. The van der Waals surface area contributed by atoms with Gasteiger partial charge < -0.3 is 4.74 Å². The van der Waals surface area contributed by atoms with Gasteiger partial charge in [0.05, 0.1) is 25.1 Å². The van der Waals surface area contributed by atoms with E-state index >= 15 is 0 Å². The van der Waals surface area contributed by atoms with E-state index in [2.05, 4.69) is 27.8 Å². The van der Waals surface area contributed by atoms with Crippen molar-refractivity contribution < 1.29 is 9.53 Å². The molecule has 6 heteroatoms. The minimum atomic E-state index is -0.272. The SMILES string of the molecule is CCOc1ccc(C(=O)N/N=C\c2c(C)nn(Cc3ccccc3)c2C)cc1. The number of rotatable bonds is 7. The molecule has 144 valence electrons. The molecule has 0 saturated carbocycles. The van der Waals surface area contributed by atoms with E-state index in [-0.39, 0.29) is 5.91 Å². The lowest BCUT2D eigenvalue weighted by Gasteiger charge is -2.05. The molecule has 1 amide bonds. The van der Waals surface area contributed by atoms with Crippen molar-refractivity contribution in [3.63, 3.8) is 0 Å². The van der Waals surface area contributed by atoms with Crippen molar-refractivity contribution >= 4 is 12.1 Å². The van der Waals surface area contributed by atoms with E-state index < -0.39 is 0 Å². The Hall–Kier alpha value is -3.41. The molecule has 2 aromatic carbocycles. The molecule has 3 aromatic rings. The van der Waals surface area contributed by atoms with E-state index in [4.69, 9.17) is 4.74 Å². The number of nitrogens with zero attached hydrogens (tertiary/aromatic N) is 3. The van der Waals surface area contributed by atoms with E-state index in [1.807, 2.05) is 43.7 Å². The summed E-state index contributed by atoms with van der Waals surface area (Å²) in [7, 11) is 0. The molecule has 1 N–H and O–H groups in total. The van der Waals surface area contributed by atoms with Crippen molar-refractivity contribution in [3.05, 3.63) is 82.7 Å². The second-order valence-electron chi connectivity index (χ2n) is 6.38. The van der Waals surface area contributed by atoms with Gasteiger partial charge in [0.1, 0.15) is 5.75 Å². The van der Waals surface area contributed by atoms with Crippen LogP contribution >= 0.6 is 0 Å². The summed E-state index contributed by atoms with van der Waals surface area (Å²) >= 11 is 0. The fraction of sp³-hybridized carbons (Fsp3) is 0.227. The summed E-state index contributed by atoms with van der Waals surface area (Å²) in [5.74, 6) is 0.464. The van der Waals surface area contributed by atoms with E-state index in [1.165, 1.54) is 5.56 Å². The highest BCUT2D eigenvalue weighted by atomic mass is 16.5. The second kappa shape index (κ2) is 8.99. The van der Waals surface area contributed by atoms with Crippen LogP contribution in [0.15, 0.2) is 59.7 Å². The number of amides is 1. The highest BCUT2D eigenvalue weighted by Gasteiger charge is 2.10. The number of benzene rings is 2. The first-order valence-corrected chi connectivity index (χ1v) is 9.22. The van der Waals surface area contributed by atoms with Gasteiger partial charge >= 0.3 is 0 Å². The Morgan fingerprint density at radius 1 is 1.14 bits per heavy atom. The molecule has 28 heavy (non-hydrogen) atoms. The van der Waals surface area contributed by atoms with Gasteiger partial charge in [0.2, 0.25) is 0 Å². The molecule has 3 rings (SSSR count). The van der Waals surface area contributed by atoms with Gasteiger partial charge in [-0.25, -0.2) is 5.43 Å². The van der Waals surface area contributed by atoms with Crippen molar-refractivity contribution in [2.24, 2.45) is 5.10 Å². The average molecular weight is 376 g/mol. The Morgan fingerprint density at radius 2 is 1.86 bits per heavy atom. The van der Waals surface area contributed by atoms with Crippen molar-refractivity contribution in [3.8, 4) is 5.75 Å². The number of hydrazone groups is 1. The van der Waals surface area contributed by atoms with E-state index in [0.29, 0.717) is 18.7 Å². The maximum absolute atomic E-state index is 12.2. The number of carbonyl (C=O) groups is 1. The van der Waals surface area contributed by atoms with Crippen molar-refractivity contribution in [1.82, 2.24) is 15.2 Å². The largest absolute Gasteiger partial charge is 0.494 e. The molecule has 0 aliphatic rings. The zero-order chi connectivity index (χ0) is 19.9. The lowest BCUT2D eigenvalue weighted by Crippen LogP contribution is -2.17. The van der Waals surface area contributed by atoms with Crippen LogP contribution in [-0.2, 0) is 6.54 Å². The summed E-state index contributed by atoms with van der Waals surface area (Å²) in [5, 5.41) is 8.70. The third-order valence-corrected chi connectivity index (χ3v) is 4.40. The van der Waals surface area contributed by atoms with Crippen LogP contribution in [0.25, 0.3) is 0 Å². The number of nitrogens with one attached hydrogen (secondary N) is 1. The highest BCUT2D eigenvalue weighted by Crippen LogP contribution is 2.14. The normalized spacial score (nSPS) is 11.0. The number of aromatic nitrogens is 2. The van der Waals surface area contributed by atoms with Crippen molar-refractivity contribution in [2.45, 2.75) is 27.3 Å². The van der Waals surface area contributed by atoms with Gasteiger partial charge in [0.15, 0.2) is 0 Å². The maximum Gasteiger partial charge on any atom is 0.271 e. The summed E-state index contributed by atoms with van der Waals surface area (Å²) in [6.45, 7) is 7.14. The van der Waals surface area contributed by atoms with Crippen LogP contribution in [0, 0.1) is 13.8 Å². The minimum absolute atomic E-state index is 0.272. The van der Waals surface area contributed by atoms with E-state index in [9.17, 15) is 4.79 Å². The molecule has 0 saturated heterocycles. The fourth-order valence-corrected chi connectivity index (χ4v) is 2.90. The van der Waals surface area contributed by atoms with Crippen LogP contribution < -0.4 is 10.2 Å². The van der Waals surface area contributed by atoms with Gasteiger partial charge in [-0.2, -0.15) is 10.2 Å². The number of carbonyl (C=O) groups excluding carboxylic acids is 1. The Balaban J connectivity index is 1.66. The zero-order valence-corrected chi connectivity index (χ0v) is 16.3. The molecular formula is C22H24N4O2. The van der Waals surface area contributed by atoms with Crippen molar-refractivity contribution in [1.29, 1.82) is 0 Å². The molecule has 0 aliphatic heterocycles. The zero-order valence-electron chi connectivity index (χ0n) is 16.3. The molecule has 0 spiro atoms. The number of hydrogen-bond acceptors (Lipinski definition) is 4. The van der Waals surface area contributed by atoms with Gasteiger partial charge in [-0.05, 0) is 50.6 Å². The first kappa shape index (κ1) is 19.4. The lowest BCUT2D eigenvalue weighted by atomic mass is 10.2. The summed E-state index contributed by atoms with van der Waals surface area (Å²) in [5.41, 5.74) is 7.04. The van der Waals surface area contributed by atoms with Crippen LogP contribution in [0.1, 0.15) is 39.8 Å². The summed E-state index contributed by atoms with van der Waals surface area (Å²) in [6.07, 6.45) is 1.64. The molecule has 0 radical (unpaired) electrons. The van der Waals surface area contributed by atoms with Gasteiger partial charge in [0.25, 0.3) is 5.91 Å². The summed E-state index contributed by atoms with van der Waals surface area (Å²) < 4.78 is 7.32. The lowest BCUT2D eigenvalue weighted by molar-refractivity contribution is 0.0955. The standard InChI is InChI=1S/C22H24N4O2/c1-4-28-20-12-10-19(11-13-20)22(27)24-23-14-21-16(2)25-26(17(21)3)15-18-8-6-5-7-9-18/h5-14H,4,15H2,1-3H3,(H,24,27)/b23-14-. The molecule has 1 aromatic heterocycles. The predicted octanol–water partition coefficient (Wildman–Crippen LogP) is 3.71. The molecular weight excluding hydrogens is 352 g/mol. The smallest absolute Gasteiger partial charge is 0.271 e. The molecule has 6 nitrogen and oxygen atoms in total. The number of hydrogen-bond donors (Lipinski definition) is 1.